The Labute approximate surface area is 119 Å². The van der Waals surface area contributed by atoms with Crippen LogP contribution < -0.4 is 10.5 Å². The third-order valence-electron chi connectivity index (χ3n) is 2.80. The first-order valence-electron chi connectivity index (χ1n) is 5.46. The number of nitrogens with one attached hydrogen (secondary N) is 1. The van der Waals surface area contributed by atoms with Gasteiger partial charge in [0.15, 0.2) is 0 Å². The molecule has 0 radical (unpaired) electrons. The number of hydrogen-bond donors (Lipinski definition) is 2. The van der Waals surface area contributed by atoms with Crippen molar-refractivity contribution in [2.75, 3.05) is 13.2 Å². The second-order valence-electron chi connectivity index (χ2n) is 4.52. The normalized spacial score (nSPS) is 24.6. The van der Waals surface area contributed by atoms with Gasteiger partial charge in [-0.3, -0.25) is 0 Å². The first-order chi connectivity index (χ1) is 8.36. The van der Waals surface area contributed by atoms with E-state index in [9.17, 15) is 8.42 Å². The van der Waals surface area contributed by atoms with Crippen LogP contribution in [0.1, 0.15) is 18.2 Å². The summed E-state index contributed by atoms with van der Waals surface area (Å²) in [5.74, 6) is 0. The maximum absolute atomic E-state index is 12.3. The molecule has 0 bridgehead atoms. The van der Waals surface area contributed by atoms with Crippen molar-refractivity contribution in [3.05, 3.63) is 14.7 Å². The third kappa shape index (κ3) is 2.94. The molecule has 1 aromatic heterocycles. The number of rotatable bonds is 4. The molecular formula is C10H15BrN2O3S2. The van der Waals surface area contributed by atoms with E-state index in [0.29, 0.717) is 30.0 Å². The largest absolute Gasteiger partial charge is 0.379 e. The molecule has 3 N–H and O–H groups in total. The van der Waals surface area contributed by atoms with Gasteiger partial charge in [0.05, 0.1) is 15.9 Å². The van der Waals surface area contributed by atoms with E-state index in [-0.39, 0.29) is 4.90 Å². The molecule has 0 spiro atoms. The highest BCUT2D eigenvalue weighted by atomic mass is 79.9. The summed E-state index contributed by atoms with van der Waals surface area (Å²) < 4.78 is 33.2. The Morgan fingerprint density at radius 1 is 1.67 bits per heavy atom. The van der Waals surface area contributed by atoms with Crippen molar-refractivity contribution >= 4 is 37.3 Å². The number of sulfonamides is 1. The fourth-order valence-electron chi connectivity index (χ4n) is 1.81. The van der Waals surface area contributed by atoms with Crippen LogP contribution in [0, 0.1) is 0 Å². The molecule has 0 saturated carbocycles. The predicted octanol–water partition coefficient (Wildman–Crippen LogP) is 1.43. The van der Waals surface area contributed by atoms with Gasteiger partial charge in [-0.05, 0) is 35.3 Å². The van der Waals surface area contributed by atoms with Gasteiger partial charge in [0.2, 0.25) is 10.0 Å². The maximum Gasteiger partial charge on any atom is 0.243 e. The fraction of sp³-hybridized carbons (Fsp3) is 0.600. The van der Waals surface area contributed by atoms with Crippen LogP contribution in [0.2, 0.25) is 0 Å². The van der Waals surface area contributed by atoms with Crippen LogP contribution in [0.25, 0.3) is 0 Å². The molecule has 8 heteroatoms. The van der Waals surface area contributed by atoms with Crippen LogP contribution in [0.3, 0.4) is 0 Å². The first kappa shape index (κ1) is 14.4. The summed E-state index contributed by atoms with van der Waals surface area (Å²) >= 11 is 4.61. The Kier molecular flexibility index (Phi) is 4.15. The van der Waals surface area contributed by atoms with Crippen LogP contribution in [0.4, 0.5) is 0 Å². The Hall–Kier alpha value is 0.01000. The van der Waals surface area contributed by atoms with Crippen LogP contribution >= 0.6 is 27.3 Å². The van der Waals surface area contributed by atoms with Crippen molar-refractivity contribution in [2.24, 2.45) is 5.73 Å². The van der Waals surface area contributed by atoms with E-state index in [0.717, 1.165) is 4.88 Å². The highest BCUT2D eigenvalue weighted by molar-refractivity contribution is 9.11. The van der Waals surface area contributed by atoms with Gasteiger partial charge >= 0.3 is 0 Å². The fourth-order valence-corrected chi connectivity index (χ4v) is 5.79. The lowest BCUT2D eigenvalue weighted by atomic mass is 10.0. The van der Waals surface area contributed by atoms with Crippen molar-refractivity contribution in [3.8, 4) is 0 Å². The van der Waals surface area contributed by atoms with Crippen LogP contribution in [-0.4, -0.2) is 27.2 Å². The van der Waals surface area contributed by atoms with Crippen molar-refractivity contribution in [3.63, 3.8) is 0 Å². The Balaban J connectivity index is 2.27. The summed E-state index contributed by atoms with van der Waals surface area (Å²) in [4.78, 5) is 1.08. The molecule has 2 heterocycles. The van der Waals surface area contributed by atoms with Gasteiger partial charge in [-0.15, -0.1) is 11.3 Å². The zero-order chi connectivity index (χ0) is 13.4. The lowest BCUT2D eigenvalue weighted by Gasteiger charge is -2.22. The first-order valence-corrected chi connectivity index (χ1v) is 8.56. The summed E-state index contributed by atoms with van der Waals surface area (Å²) in [6.07, 6.45) is 0.678. The van der Waals surface area contributed by atoms with Gasteiger partial charge < -0.3 is 10.5 Å². The number of ether oxygens (including phenoxy) is 1. The van der Waals surface area contributed by atoms with Crippen molar-refractivity contribution in [1.29, 1.82) is 0 Å². The van der Waals surface area contributed by atoms with E-state index in [1.54, 1.807) is 6.07 Å². The molecule has 0 aliphatic carbocycles. The van der Waals surface area contributed by atoms with Crippen molar-refractivity contribution in [1.82, 2.24) is 4.72 Å². The van der Waals surface area contributed by atoms with Gasteiger partial charge in [-0.25, -0.2) is 13.1 Å². The highest BCUT2D eigenvalue weighted by Crippen LogP contribution is 2.32. The van der Waals surface area contributed by atoms with E-state index >= 15 is 0 Å². The number of hydrogen-bond acceptors (Lipinski definition) is 5. The van der Waals surface area contributed by atoms with Crippen LogP contribution in [0.15, 0.2) is 14.7 Å². The highest BCUT2D eigenvalue weighted by Gasteiger charge is 2.35. The minimum Gasteiger partial charge on any atom is -0.379 e. The molecule has 1 fully saturated rings. The molecule has 0 aromatic carbocycles. The van der Waals surface area contributed by atoms with E-state index in [1.807, 2.05) is 6.92 Å². The Morgan fingerprint density at radius 3 is 2.89 bits per heavy atom. The zero-order valence-corrected chi connectivity index (χ0v) is 13.1. The summed E-state index contributed by atoms with van der Waals surface area (Å²) in [7, 11) is -3.54. The number of halogens is 1. The van der Waals surface area contributed by atoms with Crippen LogP contribution in [0.5, 0.6) is 0 Å². The van der Waals surface area contributed by atoms with E-state index in [4.69, 9.17) is 10.5 Å². The van der Waals surface area contributed by atoms with Crippen molar-refractivity contribution < 1.29 is 13.2 Å². The molecule has 1 aromatic rings. The molecule has 0 amide bonds. The maximum atomic E-state index is 12.3. The number of nitrogens with two attached hydrogens (primary N) is 1. The Morgan fingerprint density at radius 2 is 2.39 bits per heavy atom. The molecule has 1 unspecified atom stereocenters. The minimum atomic E-state index is -3.54. The molecule has 1 aliphatic heterocycles. The SMILES string of the molecule is CC1(NS(=O)(=O)c2cc(CN)sc2Br)CCOC1. The average Bonchev–Trinajstić information content (AvgIpc) is 2.84. The van der Waals surface area contributed by atoms with E-state index < -0.39 is 15.6 Å². The van der Waals surface area contributed by atoms with Gasteiger partial charge in [0.25, 0.3) is 0 Å². The van der Waals surface area contributed by atoms with E-state index in [2.05, 4.69) is 20.7 Å². The third-order valence-corrected chi connectivity index (χ3v) is 6.71. The van der Waals surface area contributed by atoms with Gasteiger partial charge in [-0.2, -0.15) is 0 Å². The standard InChI is InChI=1S/C10H15BrN2O3S2/c1-10(2-3-16-6-10)13-18(14,15)8-4-7(5-12)17-9(8)11/h4,13H,2-3,5-6,12H2,1H3. The monoisotopic (exact) mass is 354 g/mol. The zero-order valence-electron chi connectivity index (χ0n) is 9.90. The average molecular weight is 355 g/mol. The number of thiophene rings is 1. The molecule has 5 nitrogen and oxygen atoms in total. The molecule has 1 aliphatic rings. The van der Waals surface area contributed by atoms with Gasteiger partial charge in [0, 0.05) is 18.0 Å². The summed E-state index contributed by atoms with van der Waals surface area (Å²) in [5, 5.41) is 0. The molecular weight excluding hydrogens is 340 g/mol. The minimum absolute atomic E-state index is 0.251. The summed E-state index contributed by atoms with van der Waals surface area (Å²) in [6.45, 7) is 3.16. The quantitative estimate of drug-likeness (QED) is 0.856. The van der Waals surface area contributed by atoms with E-state index in [1.165, 1.54) is 11.3 Å². The molecule has 1 atom stereocenters. The topological polar surface area (TPSA) is 81.4 Å². The lowest BCUT2D eigenvalue weighted by Crippen LogP contribution is -2.46. The Bertz CT molecular complexity index is 535. The molecule has 2 rings (SSSR count). The summed E-state index contributed by atoms with van der Waals surface area (Å²) in [6, 6.07) is 1.61. The van der Waals surface area contributed by atoms with Crippen LogP contribution in [-0.2, 0) is 21.3 Å². The van der Waals surface area contributed by atoms with Gasteiger partial charge in [-0.1, -0.05) is 0 Å². The summed E-state index contributed by atoms with van der Waals surface area (Å²) in [5.41, 5.74) is 4.99. The molecule has 18 heavy (non-hydrogen) atoms. The predicted molar refractivity (Wildman–Crippen MR) is 74.1 cm³/mol. The molecule has 1 saturated heterocycles. The molecule has 102 valence electrons. The smallest absolute Gasteiger partial charge is 0.243 e. The second-order valence-corrected chi connectivity index (χ2v) is 8.63. The van der Waals surface area contributed by atoms with Gasteiger partial charge in [0.1, 0.15) is 4.90 Å². The lowest BCUT2D eigenvalue weighted by molar-refractivity contribution is 0.178. The second kappa shape index (κ2) is 5.18. The van der Waals surface area contributed by atoms with Crippen molar-refractivity contribution in [2.45, 2.75) is 30.3 Å².